The first-order valence-electron chi connectivity index (χ1n) is 7.14. The quantitative estimate of drug-likeness (QED) is 0.807. The molecule has 98 valence electrons. The van der Waals surface area contributed by atoms with Gasteiger partial charge in [-0.1, -0.05) is 36.4 Å². The predicted octanol–water partition coefficient (Wildman–Crippen LogP) is 3.86. The summed E-state index contributed by atoms with van der Waals surface area (Å²) in [7, 11) is 0. The summed E-state index contributed by atoms with van der Waals surface area (Å²) in [6.07, 6.45) is 5.64. The fraction of sp³-hybridized carbons (Fsp3) is 0.353. The lowest BCUT2D eigenvalue weighted by Gasteiger charge is -2.21. The van der Waals surface area contributed by atoms with Crippen LogP contribution in [0, 0.1) is 0 Å². The second-order valence-corrected chi connectivity index (χ2v) is 5.21. The van der Waals surface area contributed by atoms with Gasteiger partial charge in [-0.15, -0.1) is 0 Å². The number of pyridine rings is 1. The lowest BCUT2D eigenvalue weighted by Crippen LogP contribution is -2.24. The highest BCUT2D eigenvalue weighted by Gasteiger charge is 2.18. The van der Waals surface area contributed by atoms with Gasteiger partial charge in [0, 0.05) is 19.3 Å². The summed E-state index contributed by atoms with van der Waals surface area (Å²) < 4.78 is 0. The van der Waals surface area contributed by atoms with Gasteiger partial charge in [-0.05, 0) is 42.9 Å². The van der Waals surface area contributed by atoms with Gasteiger partial charge in [0.15, 0.2) is 0 Å². The molecule has 1 saturated heterocycles. The Hall–Kier alpha value is -1.83. The first-order chi connectivity index (χ1) is 9.43. The van der Waals surface area contributed by atoms with E-state index in [1.807, 2.05) is 12.3 Å². The minimum atomic E-state index is 0.704. The zero-order valence-corrected chi connectivity index (χ0v) is 11.2. The zero-order valence-electron chi connectivity index (χ0n) is 11.2. The van der Waals surface area contributed by atoms with E-state index >= 15 is 0 Å². The largest absolute Gasteiger partial charge is 0.357 e. The van der Waals surface area contributed by atoms with Crippen LogP contribution in [-0.4, -0.2) is 18.1 Å². The van der Waals surface area contributed by atoms with Gasteiger partial charge in [-0.2, -0.15) is 0 Å². The number of benzene rings is 1. The third-order valence-electron chi connectivity index (χ3n) is 3.97. The number of hydrogen-bond acceptors (Lipinski definition) is 2. The van der Waals surface area contributed by atoms with Crippen LogP contribution in [0.3, 0.4) is 0 Å². The Morgan fingerprint density at radius 1 is 0.895 bits per heavy atom. The predicted molar refractivity (Wildman–Crippen MR) is 79.5 cm³/mol. The molecule has 1 aromatic heterocycles. The summed E-state index contributed by atoms with van der Waals surface area (Å²) in [5.74, 6) is 1.83. The van der Waals surface area contributed by atoms with Crippen molar-refractivity contribution in [3.8, 4) is 0 Å². The van der Waals surface area contributed by atoms with Crippen molar-refractivity contribution in [2.24, 2.45) is 0 Å². The summed E-state index contributed by atoms with van der Waals surface area (Å²) in [5.41, 5.74) is 1.49. The van der Waals surface area contributed by atoms with E-state index in [0.29, 0.717) is 5.92 Å². The Kier molecular flexibility index (Phi) is 3.78. The third-order valence-corrected chi connectivity index (χ3v) is 3.97. The molecule has 0 N–H and O–H groups in total. The van der Waals surface area contributed by atoms with Crippen LogP contribution in [0.15, 0.2) is 54.7 Å². The Balaban J connectivity index is 1.69. The lowest BCUT2D eigenvalue weighted by molar-refractivity contribution is 0.612. The lowest BCUT2D eigenvalue weighted by atomic mass is 9.92. The molecular formula is C17H20N2. The number of anilines is 1. The topological polar surface area (TPSA) is 16.1 Å². The van der Waals surface area contributed by atoms with E-state index in [4.69, 9.17) is 0 Å². The minimum absolute atomic E-state index is 0.704. The smallest absolute Gasteiger partial charge is 0.128 e. The second-order valence-electron chi connectivity index (χ2n) is 5.21. The molecule has 0 amide bonds. The molecular weight excluding hydrogens is 232 g/mol. The molecule has 19 heavy (non-hydrogen) atoms. The van der Waals surface area contributed by atoms with Crippen molar-refractivity contribution in [2.75, 3.05) is 18.0 Å². The van der Waals surface area contributed by atoms with Crippen LogP contribution in [0.1, 0.15) is 30.7 Å². The molecule has 0 bridgehead atoms. The standard InChI is InChI=1S/C17H20N2/c1-2-7-15(8-3-1)16-9-6-13-19(14-11-16)17-10-4-5-12-18-17/h1-5,7-8,10,12,16H,6,9,11,13-14H2. The highest BCUT2D eigenvalue weighted by atomic mass is 15.2. The summed E-state index contributed by atoms with van der Waals surface area (Å²) in [6, 6.07) is 17.1. The average molecular weight is 252 g/mol. The normalized spacial score (nSPS) is 20.0. The molecule has 1 aliphatic rings. The SMILES string of the molecule is c1ccc(C2CCCN(c3ccccn3)CC2)cc1. The maximum Gasteiger partial charge on any atom is 0.128 e. The van der Waals surface area contributed by atoms with Crippen molar-refractivity contribution in [3.63, 3.8) is 0 Å². The van der Waals surface area contributed by atoms with Gasteiger partial charge >= 0.3 is 0 Å². The average Bonchev–Trinajstić information content (AvgIpc) is 2.75. The summed E-state index contributed by atoms with van der Waals surface area (Å²) >= 11 is 0. The van der Waals surface area contributed by atoms with E-state index in [2.05, 4.69) is 52.3 Å². The minimum Gasteiger partial charge on any atom is -0.357 e. The molecule has 1 aromatic carbocycles. The van der Waals surface area contributed by atoms with Crippen molar-refractivity contribution in [2.45, 2.75) is 25.2 Å². The Morgan fingerprint density at radius 3 is 2.53 bits per heavy atom. The fourth-order valence-corrected chi connectivity index (χ4v) is 2.92. The second kappa shape index (κ2) is 5.87. The maximum absolute atomic E-state index is 4.47. The zero-order chi connectivity index (χ0) is 12.9. The Labute approximate surface area is 115 Å². The maximum atomic E-state index is 4.47. The molecule has 0 aliphatic carbocycles. The summed E-state index contributed by atoms with van der Waals surface area (Å²) in [5, 5.41) is 0. The summed E-state index contributed by atoms with van der Waals surface area (Å²) in [4.78, 5) is 6.89. The molecule has 0 radical (unpaired) electrons. The fourth-order valence-electron chi connectivity index (χ4n) is 2.92. The first kappa shape index (κ1) is 12.2. The molecule has 2 heterocycles. The van der Waals surface area contributed by atoms with Crippen molar-refractivity contribution in [1.82, 2.24) is 4.98 Å². The van der Waals surface area contributed by atoms with Crippen molar-refractivity contribution in [3.05, 3.63) is 60.3 Å². The van der Waals surface area contributed by atoms with Gasteiger partial charge in [0.2, 0.25) is 0 Å². The number of hydrogen-bond donors (Lipinski definition) is 0. The summed E-state index contributed by atoms with van der Waals surface area (Å²) in [6.45, 7) is 2.23. The third kappa shape index (κ3) is 2.95. The van der Waals surface area contributed by atoms with Gasteiger partial charge in [0.05, 0.1) is 0 Å². The van der Waals surface area contributed by atoms with E-state index in [0.717, 1.165) is 18.9 Å². The monoisotopic (exact) mass is 252 g/mol. The number of aromatic nitrogens is 1. The van der Waals surface area contributed by atoms with Crippen LogP contribution in [-0.2, 0) is 0 Å². The van der Waals surface area contributed by atoms with Gasteiger partial charge in [-0.3, -0.25) is 0 Å². The van der Waals surface area contributed by atoms with E-state index in [1.54, 1.807) is 0 Å². The van der Waals surface area contributed by atoms with Gasteiger partial charge in [-0.25, -0.2) is 4.98 Å². The number of rotatable bonds is 2. The van der Waals surface area contributed by atoms with E-state index in [1.165, 1.54) is 24.8 Å². The molecule has 1 unspecified atom stereocenters. The van der Waals surface area contributed by atoms with Crippen molar-refractivity contribution in [1.29, 1.82) is 0 Å². The van der Waals surface area contributed by atoms with Gasteiger partial charge < -0.3 is 4.90 Å². The van der Waals surface area contributed by atoms with Crippen LogP contribution < -0.4 is 4.90 Å². The van der Waals surface area contributed by atoms with Crippen LogP contribution in [0.4, 0.5) is 5.82 Å². The van der Waals surface area contributed by atoms with E-state index < -0.39 is 0 Å². The molecule has 0 spiro atoms. The Morgan fingerprint density at radius 2 is 1.74 bits per heavy atom. The molecule has 2 heteroatoms. The molecule has 3 rings (SSSR count). The molecule has 1 fully saturated rings. The highest BCUT2D eigenvalue weighted by Crippen LogP contribution is 2.29. The molecule has 2 nitrogen and oxygen atoms in total. The van der Waals surface area contributed by atoms with Crippen LogP contribution in [0.25, 0.3) is 0 Å². The Bertz CT molecular complexity index is 448. The highest BCUT2D eigenvalue weighted by molar-refractivity contribution is 5.38. The van der Waals surface area contributed by atoms with Gasteiger partial charge in [0.25, 0.3) is 0 Å². The van der Waals surface area contributed by atoms with Crippen molar-refractivity contribution < 1.29 is 0 Å². The van der Waals surface area contributed by atoms with Crippen LogP contribution in [0.2, 0.25) is 0 Å². The first-order valence-corrected chi connectivity index (χ1v) is 7.14. The number of nitrogens with zero attached hydrogens (tertiary/aromatic N) is 2. The molecule has 2 aromatic rings. The van der Waals surface area contributed by atoms with E-state index in [-0.39, 0.29) is 0 Å². The van der Waals surface area contributed by atoms with Crippen molar-refractivity contribution >= 4 is 5.82 Å². The van der Waals surface area contributed by atoms with Crippen LogP contribution >= 0.6 is 0 Å². The molecule has 1 atom stereocenters. The van der Waals surface area contributed by atoms with Gasteiger partial charge in [0.1, 0.15) is 5.82 Å². The van der Waals surface area contributed by atoms with Crippen LogP contribution in [0.5, 0.6) is 0 Å². The molecule has 1 aliphatic heterocycles. The van der Waals surface area contributed by atoms with E-state index in [9.17, 15) is 0 Å². The molecule has 0 saturated carbocycles.